The van der Waals surface area contributed by atoms with Crippen LogP contribution in [0.25, 0.3) is 0 Å². The van der Waals surface area contributed by atoms with Gasteiger partial charge in [0, 0.05) is 12.6 Å². The lowest BCUT2D eigenvalue weighted by Crippen LogP contribution is -2.35. The third kappa shape index (κ3) is 4.81. The van der Waals surface area contributed by atoms with Crippen molar-refractivity contribution in [3.8, 4) is 11.5 Å². The largest absolute Gasteiger partial charge is 0.486 e. The molecule has 0 aromatic heterocycles. The van der Waals surface area contributed by atoms with E-state index in [2.05, 4.69) is 5.32 Å². The second-order valence-corrected chi connectivity index (χ2v) is 6.52. The zero-order valence-corrected chi connectivity index (χ0v) is 16.0. The fourth-order valence-electron chi connectivity index (χ4n) is 2.71. The topological polar surface area (TPSA) is 117 Å². The molecule has 0 aliphatic carbocycles. The zero-order valence-electron chi connectivity index (χ0n) is 16.0. The number of ether oxygens (including phenoxy) is 3. The van der Waals surface area contributed by atoms with Crippen LogP contribution < -0.4 is 14.8 Å². The van der Waals surface area contributed by atoms with Crippen molar-refractivity contribution >= 4 is 17.6 Å². The van der Waals surface area contributed by atoms with Crippen molar-refractivity contribution in [2.75, 3.05) is 13.2 Å². The Bertz CT molecular complexity index is 941. The van der Waals surface area contributed by atoms with Gasteiger partial charge in [0.1, 0.15) is 18.8 Å². The van der Waals surface area contributed by atoms with E-state index in [-0.39, 0.29) is 36.8 Å². The molecule has 0 saturated carbocycles. The Kier molecular flexibility index (Phi) is 5.96. The number of nitrogens with zero attached hydrogens (tertiary/aromatic N) is 1. The average Bonchev–Trinajstić information content (AvgIpc) is 2.71. The van der Waals surface area contributed by atoms with E-state index in [1.165, 1.54) is 13.0 Å². The Balaban J connectivity index is 1.67. The number of fused-ring (bicyclic) bond motifs is 1. The van der Waals surface area contributed by atoms with Crippen LogP contribution in [0.3, 0.4) is 0 Å². The summed E-state index contributed by atoms with van der Waals surface area (Å²) in [6, 6.07) is 9.92. The SMILES string of the molecule is Cc1ccc(CNC(=O)[C@H](C)OC(=O)c2cc3c(cc2[N+](=O)[O-])OCCO3)cc1. The highest BCUT2D eigenvalue weighted by molar-refractivity contribution is 5.96. The smallest absolute Gasteiger partial charge is 0.346 e. The fraction of sp³-hybridized carbons (Fsp3) is 0.300. The molecule has 1 heterocycles. The van der Waals surface area contributed by atoms with Crippen LogP contribution in [0.2, 0.25) is 0 Å². The van der Waals surface area contributed by atoms with Crippen molar-refractivity contribution in [1.82, 2.24) is 5.32 Å². The number of hydrogen-bond acceptors (Lipinski definition) is 7. The molecule has 3 rings (SSSR count). The molecule has 1 atom stereocenters. The lowest BCUT2D eigenvalue weighted by molar-refractivity contribution is -0.385. The number of nitrogens with one attached hydrogen (secondary N) is 1. The predicted octanol–water partition coefficient (Wildman–Crippen LogP) is 2.54. The molecule has 0 radical (unpaired) electrons. The molecule has 1 N–H and O–H groups in total. The minimum Gasteiger partial charge on any atom is -0.486 e. The summed E-state index contributed by atoms with van der Waals surface area (Å²) in [4.78, 5) is 35.3. The Labute approximate surface area is 166 Å². The van der Waals surface area contributed by atoms with Gasteiger partial charge in [-0.15, -0.1) is 0 Å². The van der Waals surface area contributed by atoms with Gasteiger partial charge in [0.25, 0.3) is 11.6 Å². The number of carbonyl (C=O) groups is 2. The number of amides is 1. The van der Waals surface area contributed by atoms with Gasteiger partial charge in [0.05, 0.1) is 11.0 Å². The number of nitro benzene ring substituents is 1. The van der Waals surface area contributed by atoms with E-state index in [4.69, 9.17) is 14.2 Å². The number of benzene rings is 2. The van der Waals surface area contributed by atoms with E-state index in [0.29, 0.717) is 0 Å². The number of carbonyl (C=O) groups excluding carboxylic acids is 2. The summed E-state index contributed by atoms with van der Waals surface area (Å²) in [6.45, 7) is 4.14. The van der Waals surface area contributed by atoms with Crippen molar-refractivity contribution in [2.24, 2.45) is 0 Å². The maximum Gasteiger partial charge on any atom is 0.346 e. The first-order chi connectivity index (χ1) is 13.8. The minimum absolute atomic E-state index is 0.184. The number of nitro groups is 1. The molecular formula is C20H20N2O7. The van der Waals surface area contributed by atoms with Crippen LogP contribution in [-0.2, 0) is 16.1 Å². The zero-order chi connectivity index (χ0) is 21.0. The third-order valence-corrected chi connectivity index (χ3v) is 4.32. The van der Waals surface area contributed by atoms with E-state index in [1.54, 1.807) is 0 Å². The third-order valence-electron chi connectivity index (χ3n) is 4.32. The maximum atomic E-state index is 12.5. The van der Waals surface area contributed by atoms with Crippen LogP contribution in [0.15, 0.2) is 36.4 Å². The van der Waals surface area contributed by atoms with Gasteiger partial charge in [-0.2, -0.15) is 0 Å². The van der Waals surface area contributed by atoms with Crippen molar-refractivity contribution in [3.63, 3.8) is 0 Å². The summed E-state index contributed by atoms with van der Waals surface area (Å²) in [5, 5.41) is 14.0. The minimum atomic E-state index is -1.14. The van der Waals surface area contributed by atoms with E-state index in [9.17, 15) is 19.7 Å². The standard InChI is InChI=1S/C20H20N2O7/c1-12-3-5-14(6-4-12)11-21-19(23)13(2)29-20(24)15-9-17-18(28-8-7-27-17)10-16(15)22(25)26/h3-6,9-10,13H,7-8,11H2,1-2H3,(H,21,23)/t13-/m0/s1. The monoisotopic (exact) mass is 400 g/mol. The molecule has 1 aliphatic rings. The van der Waals surface area contributed by atoms with Crippen molar-refractivity contribution in [1.29, 1.82) is 0 Å². The van der Waals surface area contributed by atoms with Crippen molar-refractivity contribution in [2.45, 2.75) is 26.5 Å². The Morgan fingerprint density at radius 2 is 1.79 bits per heavy atom. The van der Waals surface area contributed by atoms with Gasteiger partial charge >= 0.3 is 5.97 Å². The molecule has 29 heavy (non-hydrogen) atoms. The van der Waals surface area contributed by atoms with Crippen LogP contribution >= 0.6 is 0 Å². The first-order valence-electron chi connectivity index (χ1n) is 8.97. The van der Waals surface area contributed by atoms with Gasteiger partial charge in [0.15, 0.2) is 17.6 Å². The van der Waals surface area contributed by atoms with Gasteiger partial charge in [-0.3, -0.25) is 14.9 Å². The number of aryl methyl sites for hydroxylation is 1. The maximum absolute atomic E-state index is 12.5. The van der Waals surface area contributed by atoms with Crippen LogP contribution in [0, 0.1) is 17.0 Å². The molecule has 152 valence electrons. The molecule has 0 fully saturated rings. The molecular weight excluding hydrogens is 380 g/mol. The lowest BCUT2D eigenvalue weighted by Gasteiger charge is -2.19. The van der Waals surface area contributed by atoms with E-state index < -0.39 is 28.6 Å². The first kappa shape index (κ1) is 20.1. The van der Waals surface area contributed by atoms with Crippen molar-refractivity contribution in [3.05, 3.63) is 63.2 Å². The number of hydrogen-bond donors (Lipinski definition) is 1. The summed E-state index contributed by atoms with van der Waals surface area (Å²) < 4.78 is 15.8. The second-order valence-electron chi connectivity index (χ2n) is 6.52. The second kappa shape index (κ2) is 8.59. The number of esters is 1. The van der Waals surface area contributed by atoms with Gasteiger partial charge < -0.3 is 19.5 Å². The van der Waals surface area contributed by atoms with Crippen LogP contribution in [0.4, 0.5) is 5.69 Å². The first-order valence-corrected chi connectivity index (χ1v) is 8.97. The summed E-state index contributed by atoms with van der Waals surface area (Å²) in [5.74, 6) is -1.11. The van der Waals surface area contributed by atoms with Crippen molar-refractivity contribution < 1.29 is 28.7 Å². The molecule has 1 amide bonds. The Morgan fingerprint density at radius 1 is 1.17 bits per heavy atom. The summed E-state index contributed by atoms with van der Waals surface area (Å²) in [6.07, 6.45) is -1.14. The molecule has 1 aliphatic heterocycles. The van der Waals surface area contributed by atoms with E-state index in [0.717, 1.165) is 17.2 Å². The molecule has 0 spiro atoms. The number of rotatable bonds is 6. The van der Waals surface area contributed by atoms with E-state index in [1.807, 2.05) is 31.2 Å². The average molecular weight is 400 g/mol. The predicted molar refractivity (Wildman–Crippen MR) is 102 cm³/mol. The van der Waals surface area contributed by atoms with Gasteiger partial charge in [-0.05, 0) is 19.4 Å². The Hall–Kier alpha value is -3.62. The molecule has 0 unspecified atom stereocenters. The Morgan fingerprint density at radius 3 is 2.41 bits per heavy atom. The highest BCUT2D eigenvalue weighted by Crippen LogP contribution is 2.37. The highest BCUT2D eigenvalue weighted by atomic mass is 16.6. The summed E-state index contributed by atoms with van der Waals surface area (Å²) in [7, 11) is 0. The van der Waals surface area contributed by atoms with Gasteiger partial charge in [0.2, 0.25) is 0 Å². The molecule has 2 aromatic rings. The van der Waals surface area contributed by atoms with Crippen LogP contribution in [0.1, 0.15) is 28.4 Å². The molecule has 2 aromatic carbocycles. The fourth-order valence-corrected chi connectivity index (χ4v) is 2.71. The molecule has 9 nitrogen and oxygen atoms in total. The van der Waals surface area contributed by atoms with Gasteiger partial charge in [-0.1, -0.05) is 29.8 Å². The van der Waals surface area contributed by atoms with Crippen LogP contribution in [-0.4, -0.2) is 36.1 Å². The van der Waals surface area contributed by atoms with E-state index >= 15 is 0 Å². The van der Waals surface area contributed by atoms with Gasteiger partial charge in [-0.25, -0.2) is 4.79 Å². The lowest BCUT2D eigenvalue weighted by atomic mass is 10.1. The summed E-state index contributed by atoms with van der Waals surface area (Å²) in [5.41, 5.74) is 1.21. The summed E-state index contributed by atoms with van der Waals surface area (Å²) >= 11 is 0. The molecule has 0 saturated heterocycles. The molecule has 9 heteroatoms. The quantitative estimate of drug-likeness (QED) is 0.450. The normalized spacial score (nSPS) is 13.3. The molecule has 0 bridgehead atoms. The van der Waals surface area contributed by atoms with Crippen LogP contribution in [0.5, 0.6) is 11.5 Å². The highest BCUT2D eigenvalue weighted by Gasteiger charge is 2.29.